The Balaban J connectivity index is 0.000000205. The van der Waals surface area contributed by atoms with Gasteiger partial charge in [-0.1, -0.05) is 6.07 Å². The molecule has 0 aromatic carbocycles. The van der Waals surface area contributed by atoms with Gasteiger partial charge in [0.2, 0.25) is 0 Å². The van der Waals surface area contributed by atoms with E-state index in [0.29, 0.717) is 11.5 Å². The molecule has 0 aliphatic carbocycles. The van der Waals surface area contributed by atoms with E-state index in [9.17, 15) is 13.0 Å². The molecular weight excluding hydrogens is 302 g/mol. The molecule has 0 radical (unpaired) electrons. The lowest BCUT2D eigenvalue weighted by atomic mass is 10.4. The van der Waals surface area contributed by atoms with Crippen molar-refractivity contribution in [3.8, 4) is 11.5 Å². The molecule has 3 heterocycles. The van der Waals surface area contributed by atoms with E-state index in [1.165, 1.54) is 11.3 Å². The van der Waals surface area contributed by atoms with Gasteiger partial charge in [0, 0.05) is 22.9 Å². The Morgan fingerprint density at radius 2 is 1.95 bits per heavy atom. The van der Waals surface area contributed by atoms with E-state index in [2.05, 4.69) is 4.98 Å². The van der Waals surface area contributed by atoms with Crippen molar-refractivity contribution in [3.63, 3.8) is 0 Å². The van der Waals surface area contributed by atoms with Gasteiger partial charge < -0.3 is 14.0 Å². The lowest BCUT2D eigenvalue weighted by Gasteiger charge is -2.25. The Bertz CT molecular complexity index is 600. The molecule has 2 aromatic heterocycles. The first kappa shape index (κ1) is 14.8. The predicted molar refractivity (Wildman–Crippen MR) is 71.8 cm³/mol. The Kier molecular flexibility index (Phi) is 4.94. The van der Waals surface area contributed by atoms with Crippen molar-refractivity contribution in [2.24, 2.45) is 0 Å². The minimum absolute atomic E-state index is 0.102. The maximum Gasteiger partial charge on any atom is 0.172 e. The topological polar surface area (TPSA) is 89.8 Å². The molecule has 0 saturated heterocycles. The molecule has 0 amide bonds. The fourth-order valence-corrected chi connectivity index (χ4v) is 2.80. The molecule has 0 bridgehead atoms. The van der Waals surface area contributed by atoms with E-state index in [1.54, 1.807) is 10.8 Å². The summed E-state index contributed by atoms with van der Waals surface area (Å²) in [7, 11) is -4.26. The Morgan fingerprint density at radius 1 is 1.25 bits per heavy atom. The summed E-state index contributed by atoms with van der Waals surface area (Å²) < 4.78 is 41.8. The third-order valence-electron chi connectivity index (χ3n) is 2.31. The predicted octanol–water partition coefficient (Wildman–Crippen LogP) is 0.934. The van der Waals surface area contributed by atoms with Crippen LogP contribution in [0.15, 0.2) is 41.4 Å². The number of ether oxygens (including phenoxy) is 2. The molecular formula is C12H13NO5S2. The highest BCUT2D eigenvalue weighted by Gasteiger charge is 2.23. The molecule has 0 saturated carbocycles. The third-order valence-corrected chi connectivity index (χ3v) is 3.79. The van der Waals surface area contributed by atoms with Gasteiger partial charge in [-0.2, -0.15) is 0 Å². The van der Waals surface area contributed by atoms with Gasteiger partial charge in [-0.15, -0.1) is 11.3 Å². The monoisotopic (exact) mass is 315 g/mol. The first-order valence-corrected chi connectivity index (χ1v) is 8.27. The second-order valence-corrected chi connectivity index (χ2v) is 6.15. The van der Waals surface area contributed by atoms with Crippen molar-refractivity contribution in [2.45, 2.75) is 6.10 Å². The van der Waals surface area contributed by atoms with Crippen LogP contribution in [0.4, 0.5) is 0 Å². The molecule has 8 heteroatoms. The number of H-pyrrole nitrogens is 1. The van der Waals surface area contributed by atoms with Crippen molar-refractivity contribution in [2.75, 3.05) is 12.4 Å². The first-order chi connectivity index (χ1) is 9.54. The van der Waals surface area contributed by atoms with Crippen LogP contribution in [0.3, 0.4) is 0 Å². The zero-order chi connectivity index (χ0) is 14.4. The van der Waals surface area contributed by atoms with Gasteiger partial charge in [0.05, 0.1) is 15.9 Å². The van der Waals surface area contributed by atoms with E-state index in [4.69, 9.17) is 9.47 Å². The van der Waals surface area contributed by atoms with Crippen LogP contribution in [0.2, 0.25) is 0 Å². The Hall–Kier alpha value is -1.64. The average Bonchev–Trinajstić information content (AvgIpc) is 2.87. The second-order valence-electron chi connectivity index (χ2n) is 3.95. The number of pyridine rings is 1. The molecule has 1 atom stereocenters. The normalized spacial score (nSPS) is 16.9. The van der Waals surface area contributed by atoms with Crippen molar-refractivity contribution in [3.05, 3.63) is 41.4 Å². The van der Waals surface area contributed by atoms with Gasteiger partial charge in [-0.25, -0.2) is 13.4 Å². The summed E-state index contributed by atoms with van der Waals surface area (Å²) in [6, 6.07) is 5.86. The maximum atomic E-state index is 10.5. The summed E-state index contributed by atoms with van der Waals surface area (Å²) in [5.41, 5.74) is 0. The van der Waals surface area contributed by atoms with Gasteiger partial charge in [-0.05, 0) is 0 Å². The molecule has 1 aliphatic heterocycles. The van der Waals surface area contributed by atoms with E-state index >= 15 is 0 Å². The molecule has 0 spiro atoms. The van der Waals surface area contributed by atoms with E-state index < -0.39 is 22.0 Å². The first-order valence-electron chi connectivity index (χ1n) is 5.75. The fourth-order valence-electron chi connectivity index (χ4n) is 1.51. The number of aromatic amines is 1. The third kappa shape index (κ3) is 4.80. The highest BCUT2D eigenvalue weighted by atomic mass is 32.2. The molecule has 1 unspecified atom stereocenters. The molecule has 1 N–H and O–H groups in total. The Labute approximate surface area is 120 Å². The van der Waals surface area contributed by atoms with Crippen LogP contribution in [0, 0.1) is 0 Å². The SMILES string of the molecule is O=S(=O)([O-])CC1COc2cscc2O1.c1cc[nH+]cc1. The number of nitrogens with one attached hydrogen (secondary N) is 1. The van der Waals surface area contributed by atoms with Crippen LogP contribution in [0.25, 0.3) is 0 Å². The minimum Gasteiger partial charge on any atom is -0.748 e. The summed E-state index contributed by atoms with van der Waals surface area (Å²) in [5, 5.41) is 3.47. The van der Waals surface area contributed by atoms with Crippen molar-refractivity contribution < 1.29 is 27.4 Å². The van der Waals surface area contributed by atoms with Crippen LogP contribution < -0.4 is 14.5 Å². The number of thiophene rings is 1. The van der Waals surface area contributed by atoms with Crippen LogP contribution >= 0.6 is 11.3 Å². The van der Waals surface area contributed by atoms with E-state index in [-0.39, 0.29) is 6.61 Å². The summed E-state index contributed by atoms with van der Waals surface area (Å²) in [5.74, 6) is 0.562. The lowest BCUT2D eigenvalue weighted by molar-refractivity contribution is -0.377. The summed E-state index contributed by atoms with van der Waals surface area (Å²) in [4.78, 5) is 2.89. The van der Waals surface area contributed by atoms with Crippen LogP contribution in [-0.4, -0.2) is 31.4 Å². The molecule has 0 fully saturated rings. The average molecular weight is 315 g/mol. The van der Waals surface area contributed by atoms with Crippen molar-refractivity contribution >= 4 is 21.5 Å². The zero-order valence-corrected chi connectivity index (χ0v) is 12.0. The van der Waals surface area contributed by atoms with Crippen molar-refractivity contribution in [1.29, 1.82) is 0 Å². The molecule has 20 heavy (non-hydrogen) atoms. The van der Waals surface area contributed by atoms with Crippen LogP contribution in [0.1, 0.15) is 0 Å². The highest BCUT2D eigenvalue weighted by Crippen LogP contribution is 2.35. The smallest absolute Gasteiger partial charge is 0.172 e. The van der Waals surface area contributed by atoms with Gasteiger partial charge in [0.1, 0.15) is 12.7 Å². The Morgan fingerprint density at radius 3 is 2.50 bits per heavy atom. The lowest BCUT2D eigenvalue weighted by Crippen LogP contribution is -2.35. The highest BCUT2D eigenvalue weighted by molar-refractivity contribution is 7.85. The molecule has 2 aromatic rings. The standard InChI is InChI=1S/C7H8O5S2.C5H5N/c8-14(9,10)4-5-1-11-6-2-13-3-7(6)12-5;1-2-4-6-5-3-1/h2-3,5H,1,4H2,(H,8,9,10);1-5H. The van der Waals surface area contributed by atoms with E-state index in [1.807, 2.05) is 30.6 Å². The molecule has 1 aliphatic rings. The fraction of sp³-hybridized carbons (Fsp3) is 0.250. The number of rotatable bonds is 2. The van der Waals surface area contributed by atoms with Gasteiger partial charge >= 0.3 is 0 Å². The second kappa shape index (κ2) is 6.69. The number of aromatic nitrogens is 1. The molecule has 3 rings (SSSR count). The van der Waals surface area contributed by atoms with Gasteiger partial charge in [0.25, 0.3) is 0 Å². The quantitative estimate of drug-likeness (QED) is 0.769. The van der Waals surface area contributed by atoms with Crippen molar-refractivity contribution in [1.82, 2.24) is 0 Å². The molecule has 108 valence electrons. The minimum atomic E-state index is -4.26. The van der Waals surface area contributed by atoms with Gasteiger partial charge in [-0.3, -0.25) is 0 Å². The summed E-state index contributed by atoms with van der Waals surface area (Å²) in [6.45, 7) is 0.102. The molecule has 6 nitrogen and oxygen atoms in total. The number of hydrogen-bond donors (Lipinski definition) is 0. The maximum absolute atomic E-state index is 10.5. The number of hydrogen-bond acceptors (Lipinski definition) is 6. The van der Waals surface area contributed by atoms with Crippen LogP contribution in [-0.2, 0) is 10.1 Å². The zero-order valence-electron chi connectivity index (χ0n) is 10.4. The van der Waals surface area contributed by atoms with Gasteiger partial charge in [0.15, 0.2) is 23.9 Å². The number of fused-ring (bicyclic) bond motifs is 1. The summed E-state index contributed by atoms with van der Waals surface area (Å²) >= 11 is 1.40. The largest absolute Gasteiger partial charge is 0.748 e. The summed E-state index contributed by atoms with van der Waals surface area (Å²) in [6.07, 6.45) is 3.06. The van der Waals surface area contributed by atoms with Crippen LogP contribution in [0.5, 0.6) is 11.5 Å². The van der Waals surface area contributed by atoms with E-state index in [0.717, 1.165) is 0 Å².